The van der Waals surface area contributed by atoms with Gasteiger partial charge in [0.25, 0.3) is 0 Å². The summed E-state index contributed by atoms with van der Waals surface area (Å²) in [6.07, 6.45) is -9.02. The molecule has 0 saturated carbocycles. The molecule has 0 fully saturated rings. The molecule has 24 heteroatoms. The first kappa shape index (κ1) is 27.9. The van der Waals surface area contributed by atoms with Crippen LogP contribution in [0.5, 0.6) is 0 Å². The molecule has 180 valence electrons. The zero-order chi connectivity index (χ0) is 24.9. The van der Waals surface area contributed by atoms with Crippen molar-refractivity contribution in [2.24, 2.45) is 0 Å². The van der Waals surface area contributed by atoms with E-state index in [1.807, 2.05) is 0 Å². The van der Waals surface area contributed by atoms with Gasteiger partial charge in [-0.25, -0.2) is 0 Å². The van der Waals surface area contributed by atoms with Crippen LogP contribution in [0.1, 0.15) is 0 Å². The van der Waals surface area contributed by atoms with E-state index in [4.69, 9.17) is 0 Å². The molecule has 0 radical (unpaired) electrons. The van der Waals surface area contributed by atoms with Crippen molar-refractivity contribution < 1.29 is 64.7 Å². The average Bonchev–Trinajstić information content (AvgIpc) is 2.65. The van der Waals surface area contributed by atoms with Crippen LogP contribution >= 0.6 is 0 Å². The molecule has 0 aromatic rings. The lowest BCUT2D eigenvalue weighted by Gasteiger charge is -2.32. The van der Waals surface area contributed by atoms with Crippen molar-refractivity contribution >= 4 is 0 Å². The van der Waals surface area contributed by atoms with Crippen LogP contribution in [-0.2, 0) is 9.47 Å². The summed E-state index contributed by atoms with van der Waals surface area (Å²) in [6, 6.07) is 0. The summed E-state index contributed by atoms with van der Waals surface area (Å²) in [4.78, 5) is 31.3. The Hall–Kier alpha value is -3.12. The van der Waals surface area contributed by atoms with Crippen LogP contribution in [-0.4, -0.2) is 73.8 Å². The molecule has 0 rings (SSSR count). The molecule has 0 amide bonds. The number of rotatable bonds is 14. The van der Waals surface area contributed by atoms with Gasteiger partial charge < -0.3 is 0 Å². The van der Waals surface area contributed by atoms with Gasteiger partial charge >= 0.3 is 24.5 Å². The summed E-state index contributed by atoms with van der Waals surface area (Å²) >= 11 is 0. The van der Waals surface area contributed by atoms with Gasteiger partial charge in [-0.15, -0.1) is 8.78 Å². The quantitative estimate of drug-likeness (QED) is 0.0837. The molecule has 4 unspecified atom stereocenters. The highest BCUT2D eigenvalue weighted by Gasteiger charge is 2.68. The predicted octanol–water partition coefficient (Wildman–Crippen LogP) is 0.803. The normalized spacial score (nSPS) is 18.1. The van der Waals surface area contributed by atoms with E-state index in [2.05, 4.69) is 9.47 Å². The Balaban J connectivity index is 6.09. The molecule has 0 heterocycles. The minimum Gasteiger partial charge on any atom is -0.275 e. The zero-order valence-corrected chi connectivity index (χ0v) is 13.9. The third kappa shape index (κ3) is 5.52. The highest BCUT2D eigenvalue weighted by Crippen LogP contribution is 2.33. The third-order valence-electron chi connectivity index (χ3n) is 3.10. The molecule has 0 aromatic carbocycles. The Kier molecular flexibility index (Phi) is 8.81. The largest absolute Gasteiger partial charge is 0.577 e. The molecule has 31 heavy (non-hydrogen) atoms. The highest BCUT2D eigenvalue weighted by molar-refractivity contribution is 4.80. The fourth-order valence-electron chi connectivity index (χ4n) is 1.40. The lowest BCUT2D eigenvalue weighted by atomic mass is 10.2. The second kappa shape index (κ2) is 9.79. The van der Waals surface area contributed by atoms with Crippen molar-refractivity contribution in [1.82, 2.24) is 10.7 Å². The van der Waals surface area contributed by atoms with Gasteiger partial charge in [0.1, 0.15) is 23.1 Å². The van der Waals surface area contributed by atoms with Crippen molar-refractivity contribution in [2.45, 2.75) is 30.2 Å². The Morgan fingerprint density at radius 2 is 0.968 bits per heavy atom. The predicted molar refractivity (Wildman–Crippen MR) is 68.2 cm³/mol. The summed E-state index contributed by atoms with van der Waals surface area (Å²) in [5.41, 5.74) is -4.88. The summed E-state index contributed by atoms with van der Waals surface area (Å²) in [5, 5.41) is 35.5. The Morgan fingerprint density at radius 3 is 1.13 bits per heavy atom. The van der Waals surface area contributed by atoms with Crippen LogP contribution in [0.3, 0.4) is 0 Å². The van der Waals surface area contributed by atoms with Crippen LogP contribution in [0.15, 0.2) is 0 Å². The van der Waals surface area contributed by atoms with E-state index in [1.165, 1.54) is 0 Å². The van der Waals surface area contributed by atoms with E-state index in [1.54, 1.807) is 0 Å². The Bertz CT molecular complexity index is 661. The van der Waals surface area contributed by atoms with Gasteiger partial charge in [0.15, 0.2) is 0 Å². The topological polar surface area (TPSA) is 198 Å². The summed E-state index contributed by atoms with van der Waals surface area (Å²) in [6.45, 7) is -5.89. The number of ether oxygens (including phenoxy) is 2. The van der Waals surface area contributed by atoms with Crippen LogP contribution in [0.25, 0.3) is 0 Å². The van der Waals surface area contributed by atoms with Crippen molar-refractivity contribution in [1.29, 1.82) is 0 Å². The molecule has 16 nitrogen and oxygen atoms in total. The molecule has 0 N–H and O–H groups in total. The second-order valence-corrected chi connectivity index (χ2v) is 5.00. The molecule has 0 saturated heterocycles. The lowest BCUT2D eigenvalue weighted by Crippen LogP contribution is -2.62. The maximum Gasteiger partial charge on any atom is 0.577 e. The first-order valence-electron chi connectivity index (χ1n) is 6.63. The lowest BCUT2D eigenvalue weighted by molar-refractivity contribution is -0.751. The maximum atomic E-state index is 13.8. The highest BCUT2D eigenvalue weighted by atomic mass is 19.4. The Morgan fingerprint density at radius 1 is 0.710 bits per heavy atom. The maximum absolute atomic E-state index is 13.8. The number of nitro groups is 4. The van der Waals surface area contributed by atoms with Gasteiger partial charge in [0.05, 0.1) is 20.5 Å². The van der Waals surface area contributed by atoms with Crippen LogP contribution in [0.2, 0.25) is 0 Å². The molecule has 0 bridgehead atoms. The SMILES string of the molecule is O=[N+]([O-])C(F)C(F)(OCC(COC(F)(C(F)[N+](=O)[O-])[N+](=O)[O-])(N(F)F)N(F)F)[N+](=O)[O-]. The molecular weight excluding hydrogens is 480 g/mol. The van der Waals surface area contributed by atoms with E-state index in [9.17, 15) is 75.9 Å². The van der Waals surface area contributed by atoms with Gasteiger partial charge in [-0.3, -0.25) is 49.9 Å². The van der Waals surface area contributed by atoms with Gasteiger partial charge in [0, 0.05) is 0 Å². The molecular formula is C7H6F8N6O10. The first-order chi connectivity index (χ1) is 13.9. The van der Waals surface area contributed by atoms with Crippen molar-refractivity contribution in [2.75, 3.05) is 13.2 Å². The fraction of sp³-hybridized carbons (Fsp3) is 1.00. The zero-order valence-electron chi connectivity index (χ0n) is 13.9. The number of alkyl halides is 4. The van der Waals surface area contributed by atoms with E-state index in [0.717, 1.165) is 0 Å². The van der Waals surface area contributed by atoms with Crippen molar-refractivity contribution in [3.63, 3.8) is 0 Å². The van der Waals surface area contributed by atoms with Crippen LogP contribution in [0.4, 0.5) is 35.5 Å². The molecule has 0 aliphatic carbocycles. The van der Waals surface area contributed by atoms with Crippen LogP contribution in [0, 0.1) is 40.5 Å². The van der Waals surface area contributed by atoms with Crippen LogP contribution < -0.4 is 0 Å². The molecule has 0 spiro atoms. The molecule has 0 aromatic heterocycles. The second-order valence-electron chi connectivity index (χ2n) is 5.00. The number of hydrogen-bond donors (Lipinski definition) is 0. The average molecular weight is 486 g/mol. The van der Waals surface area contributed by atoms with Gasteiger partial charge in [-0.1, -0.05) is 17.9 Å². The summed E-state index contributed by atoms with van der Waals surface area (Å²) in [7, 11) is 0. The standard InChI is InChI=1S/C7H6F8N6O10/c8-3(16(22)23)6(10,20(26)27)30-1-5(18(12)13,19(14)15)2-31-7(11,21(28)29)4(9)17(24)25/h3-4H,1-2H2. The first-order valence-corrected chi connectivity index (χ1v) is 6.63. The minimum absolute atomic E-state index is 2.38. The van der Waals surface area contributed by atoms with E-state index in [-0.39, 0.29) is 0 Å². The molecule has 4 atom stereocenters. The molecule has 0 aliphatic heterocycles. The Labute approximate surface area is 160 Å². The molecule has 0 aliphatic rings. The van der Waals surface area contributed by atoms with Gasteiger partial charge in [-0.05, 0) is 0 Å². The van der Waals surface area contributed by atoms with Gasteiger partial charge in [-0.2, -0.15) is 8.78 Å². The fourth-order valence-corrected chi connectivity index (χ4v) is 1.40. The minimum atomic E-state index is -5.42. The number of halogens is 8. The number of hydrogen-bond acceptors (Lipinski definition) is 12. The monoisotopic (exact) mass is 486 g/mol. The summed E-state index contributed by atoms with van der Waals surface area (Å²) < 4.78 is 112. The van der Waals surface area contributed by atoms with E-state index >= 15 is 0 Å². The third-order valence-corrected chi connectivity index (χ3v) is 3.10. The number of nitrogens with zero attached hydrogens (tertiary/aromatic N) is 6. The van der Waals surface area contributed by atoms with E-state index in [0.29, 0.717) is 0 Å². The van der Waals surface area contributed by atoms with Gasteiger partial charge in [0.2, 0.25) is 5.66 Å². The summed E-state index contributed by atoms with van der Waals surface area (Å²) in [5.74, 6) is -10.8. The van der Waals surface area contributed by atoms with Crippen molar-refractivity contribution in [3.8, 4) is 0 Å². The smallest absolute Gasteiger partial charge is 0.275 e. The van der Waals surface area contributed by atoms with E-state index < -0.39 is 73.8 Å². The van der Waals surface area contributed by atoms with Crippen molar-refractivity contribution in [3.05, 3.63) is 40.5 Å².